The normalized spacial score (nSPS) is 12.0. The van der Waals surface area contributed by atoms with Crippen LogP contribution in [0.1, 0.15) is 18.5 Å². The Balaban J connectivity index is 1.70. The number of halogens is 2. The van der Waals surface area contributed by atoms with Gasteiger partial charge in [-0.3, -0.25) is 9.78 Å². The summed E-state index contributed by atoms with van der Waals surface area (Å²) >= 11 is 13.8. The number of pyridine rings is 1. The Morgan fingerprint density at radius 2 is 1.96 bits per heavy atom. The average molecular weight is 407 g/mol. The van der Waals surface area contributed by atoms with Gasteiger partial charge in [-0.2, -0.15) is 5.10 Å². The van der Waals surface area contributed by atoms with E-state index in [4.69, 9.17) is 23.2 Å². The molecule has 0 aliphatic carbocycles. The molecule has 0 unspecified atom stereocenters. The van der Waals surface area contributed by atoms with E-state index in [1.165, 1.54) is 11.8 Å². The van der Waals surface area contributed by atoms with Gasteiger partial charge in [-0.15, -0.1) is 11.8 Å². The van der Waals surface area contributed by atoms with E-state index in [2.05, 4.69) is 15.4 Å². The smallest absolute Gasteiger partial charge is 0.235 e. The molecule has 3 rings (SSSR count). The molecule has 8 heteroatoms. The van der Waals surface area contributed by atoms with Crippen LogP contribution in [0.25, 0.3) is 0 Å². The van der Waals surface area contributed by atoms with E-state index in [0.29, 0.717) is 21.6 Å². The number of thioether (sulfide) groups is 1. The molecule has 0 radical (unpaired) electrons. The molecule has 0 aliphatic heterocycles. The van der Waals surface area contributed by atoms with E-state index in [0.717, 1.165) is 10.5 Å². The number of nitrogens with one attached hydrogen (secondary N) is 1. The van der Waals surface area contributed by atoms with Crippen LogP contribution in [-0.2, 0) is 4.79 Å². The minimum Gasteiger partial charge on any atom is -0.310 e. The van der Waals surface area contributed by atoms with Crippen molar-refractivity contribution in [3.63, 3.8) is 0 Å². The lowest BCUT2D eigenvalue weighted by Gasteiger charge is -2.18. The van der Waals surface area contributed by atoms with Crippen molar-refractivity contribution in [2.75, 3.05) is 11.1 Å². The zero-order valence-corrected chi connectivity index (χ0v) is 16.2. The molecule has 5 nitrogen and oxygen atoms in total. The first-order valence-electron chi connectivity index (χ1n) is 7.85. The number of amides is 1. The van der Waals surface area contributed by atoms with Crippen LogP contribution in [0.3, 0.4) is 0 Å². The second kappa shape index (κ2) is 8.58. The summed E-state index contributed by atoms with van der Waals surface area (Å²) in [5.74, 6) is 0.786. The first kappa shape index (κ1) is 18.8. The van der Waals surface area contributed by atoms with Gasteiger partial charge in [0.05, 0.1) is 18.0 Å². The summed E-state index contributed by atoms with van der Waals surface area (Å²) in [6, 6.07) is 10.6. The quantitative estimate of drug-likeness (QED) is 0.589. The van der Waals surface area contributed by atoms with Crippen molar-refractivity contribution >= 4 is 46.7 Å². The fourth-order valence-corrected chi connectivity index (χ4v) is 3.59. The fourth-order valence-electron chi connectivity index (χ4n) is 2.45. The zero-order valence-electron chi connectivity index (χ0n) is 13.9. The molecule has 1 amide bonds. The number of aromatic nitrogens is 3. The third kappa shape index (κ3) is 4.58. The molecular formula is C18H16Cl2N4OS. The molecule has 2 aromatic heterocycles. The minimum atomic E-state index is -0.181. The molecule has 1 N–H and O–H groups in total. The molecule has 26 heavy (non-hydrogen) atoms. The summed E-state index contributed by atoms with van der Waals surface area (Å²) in [6.45, 7) is 1.95. The van der Waals surface area contributed by atoms with Crippen molar-refractivity contribution in [2.24, 2.45) is 0 Å². The Kier molecular flexibility index (Phi) is 6.19. The number of benzene rings is 1. The summed E-state index contributed by atoms with van der Waals surface area (Å²) < 4.78 is 1.71. The Morgan fingerprint density at radius 1 is 1.19 bits per heavy atom. The van der Waals surface area contributed by atoms with Crippen LogP contribution in [0, 0.1) is 0 Å². The topological polar surface area (TPSA) is 59.8 Å². The molecule has 1 aromatic carbocycles. The fraction of sp³-hybridized carbons (Fsp3) is 0.167. The predicted octanol–water partition coefficient (Wildman–Crippen LogP) is 4.93. The van der Waals surface area contributed by atoms with Gasteiger partial charge in [0.15, 0.2) is 0 Å². The van der Waals surface area contributed by atoms with E-state index in [-0.39, 0.29) is 11.9 Å². The summed E-state index contributed by atoms with van der Waals surface area (Å²) in [5.41, 5.74) is 0.838. The van der Waals surface area contributed by atoms with Crippen LogP contribution in [0.5, 0.6) is 0 Å². The van der Waals surface area contributed by atoms with Gasteiger partial charge in [-0.25, -0.2) is 4.68 Å². The number of carbonyl (C=O) groups excluding carboxylic acids is 1. The molecule has 0 bridgehead atoms. The third-order valence-electron chi connectivity index (χ3n) is 3.73. The van der Waals surface area contributed by atoms with Crippen molar-refractivity contribution in [1.29, 1.82) is 0 Å². The second-order valence-electron chi connectivity index (χ2n) is 5.52. The molecule has 2 heterocycles. The van der Waals surface area contributed by atoms with Gasteiger partial charge in [0.2, 0.25) is 5.91 Å². The Labute approximate surface area is 165 Å². The summed E-state index contributed by atoms with van der Waals surface area (Å²) in [7, 11) is 0. The first-order valence-corrected chi connectivity index (χ1v) is 9.60. The van der Waals surface area contributed by atoms with Crippen LogP contribution in [0.4, 0.5) is 5.82 Å². The molecular weight excluding hydrogens is 391 g/mol. The Hall–Kier alpha value is -2.02. The zero-order chi connectivity index (χ0) is 18.5. The summed E-state index contributed by atoms with van der Waals surface area (Å²) in [6.07, 6.45) is 5.04. The second-order valence-corrected chi connectivity index (χ2v) is 7.41. The van der Waals surface area contributed by atoms with E-state index in [1.54, 1.807) is 47.5 Å². The van der Waals surface area contributed by atoms with Crippen molar-refractivity contribution in [3.8, 4) is 0 Å². The minimum absolute atomic E-state index is 0.113. The molecule has 0 saturated carbocycles. The van der Waals surface area contributed by atoms with Gasteiger partial charge < -0.3 is 5.32 Å². The van der Waals surface area contributed by atoms with Gasteiger partial charge in [-0.1, -0.05) is 23.2 Å². The van der Waals surface area contributed by atoms with Crippen LogP contribution < -0.4 is 5.32 Å². The van der Waals surface area contributed by atoms with Crippen LogP contribution in [0.2, 0.25) is 10.0 Å². The average Bonchev–Trinajstić information content (AvgIpc) is 3.10. The lowest BCUT2D eigenvalue weighted by Crippen LogP contribution is -2.19. The first-order chi connectivity index (χ1) is 12.5. The van der Waals surface area contributed by atoms with Gasteiger partial charge in [0, 0.05) is 33.4 Å². The third-order valence-corrected chi connectivity index (χ3v) is 5.32. The number of anilines is 1. The number of carbonyl (C=O) groups is 1. The predicted molar refractivity (Wildman–Crippen MR) is 106 cm³/mol. The number of rotatable bonds is 6. The highest BCUT2D eigenvalue weighted by Gasteiger charge is 2.17. The summed E-state index contributed by atoms with van der Waals surface area (Å²) in [4.78, 5) is 17.2. The summed E-state index contributed by atoms with van der Waals surface area (Å²) in [5, 5.41) is 8.41. The molecule has 0 aliphatic rings. The largest absolute Gasteiger partial charge is 0.310 e. The van der Waals surface area contributed by atoms with Gasteiger partial charge in [-0.05, 0) is 42.8 Å². The number of nitrogens with zero attached hydrogens (tertiary/aromatic N) is 3. The lowest BCUT2D eigenvalue weighted by molar-refractivity contribution is -0.113. The van der Waals surface area contributed by atoms with Crippen molar-refractivity contribution < 1.29 is 4.79 Å². The van der Waals surface area contributed by atoms with E-state index in [1.807, 2.05) is 19.1 Å². The SMILES string of the molecule is C[C@@H](c1cc(Cl)ccc1Cl)n1nccc1NC(=O)CSc1ccncc1. The molecule has 0 saturated heterocycles. The molecule has 0 spiro atoms. The van der Waals surface area contributed by atoms with Crippen LogP contribution >= 0.6 is 35.0 Å². The molecule has 3 aromatic rings. The molecule has 1 atom stereocenters. The molecule has 134 valence electrons. The highest BCUT2D eigenvalue weighted by Crippen LogP contribution is 2.30. The lowest BCUT2D eigenvalue weighted by atomic mass is 10.1. The van der Waals surface area contributed by atoms with Crippen molar-refractivity contribution in [1.82, 2.24) is 14.8 Å². The van der Waals surface area contributed by atoms with Crippen LogP contribution in [-0.4, -0.2) is 26.4 Å². The standard InChI is InChI=1S/C18H16Cl2N4OS/c1-12(15-10-13(19)2-3-16(15)20)24-17(6-9-22-24)23-18(25)11-26-14-4-7-21-8-5-14/h2-10,12H,11H2,1H3,(H,23,25)/t12-/m0/s1. The number of hydrogen-bond acceptors (Lipinski definition) is 4. The van der Waals surface area contributed by atoms with Crippen molar-refractivity contribution in [2.45, 2.75) is 17.9 Å². The highest BCUT2D eigenvalue weighted by atomic mass is 35.5. The maximum absolute atomic E-state index is 12.3. The van der Waals surface area contributed by atoms with E-state index >= 15 is 0 Å². The Morgan fingerprint density at radius 3 is 2.73 bits per heavy atom. The van der Waals surface area contributed by atoms with Gasteiger partial charge >= 0.3 is 0 Å². The maximum atomic E-state index is 12.3. The Bertz CT molecular complexity index is 901. The van der Waals surface area contributed by atoms with Crippen molar-refractivity contribution in [3.05, 3.63) is 70.6 Å². The van der Waals surface area contributed by atoms with Gasteiger partial charge in [0.1, 0.15) is 5.82 Å². The maximum Gasteiger partial charge on any atom is 0.235 e. The van der Waals surface area contributed by atoms with Gasteiger partial charge in [0.25, 0.3) is 0 Å². The van der Waals surface area contributed by atoms with E-state index in [9.17, 15) is 4.79 Å². The molecule has 0 fully saturated rings. The number of hydrogen-bond donors (Lipinski definition) is 1. The highest BCUT2D eigenvalue weighted by molar-refractivity contribution is 8.00. The van der Waals surface area contributed by atoms with Crippen LogP contribution in [0.15, 0.2) is 59.9 Å². The monoisotopic (exact) mass is 406 g/mol. The van der Waals surface area contributed by atoms with E-state index < -0.39 is 0 Å².